The molecule has 1 unspecified atom stereocenters. The molecule has 0 radical (unpaired) electrons. The van der Waals surface area contributed by atoms with Gasteiger partial charge in [0.25, 0.3) is 5.91 Å². The summed E-state index contributed by atoms with van der Waals surface area (Å²) in [7, 11) is 4.01. The molecule has 1 atom stereocenters. The van der Waals surface area contributed by atoms with E-state index in [9.17, 15) is 4.79 Å². The number of carbonyl (C=O) groups is 1. The lowest BCUT2D eigenvalue weighted by molar-refractivity contribution is 0.0941. The average Bonchev–Trinajstić information content (AvgIpc) is 3.17. The molecule has 1 amide bonds. The third-order valence-electron chi connectivity index (χ3n) is 4.04. The molecule has 0 aliphatic carbocycles. The van der Waals surface area contributed by atoms with Crippen molar-refractivity contribution in [3.8, 4) is 5.82 Å². The van der Waals surface area contributed by atoms with Gasteiger partial charge in [0, 0.05) is 25.1 Å². The van der Waals surface area contributed by atoms with Crippen LogP contribution in [0.2, 0.25) is 0 Å². The van der Waals surface area contributed by atoms with E-state index >= 15 is 0 Å². The summed E-state index contributed by atoms with van der Waals surface area (Å²) in [4.78, 5) is 22.8. The highest BCUT2D eigenvalue weighted by molar-refractivity contribution is 5.93. The number of amides is 1. The van der Waals surface area contributed by atoms with Gasteiger partial charge in [-0.25, -0.2) is 9.97 Å². The van der Waals surface area contributed by atoms with Gasteiger partial charge in [0.2, 0.25) is 0 Å². The van der Waals surface area contributed by atoms with Crippen molar-refractivity contribution in [1.82, 2.24) is 24.8 Å². The first-order chi connectivity index (χ1) is 12.1. The molecule has 25 heavy (non-hydrogen) atoms. The summed E-state index contributed by atoms with van der Waals surface area (Å²) in [6.45, 7) is 0.527. The van der Waals surface area contributed by atoms with Crippen LogP contribution in [0.5, 0.6) is 0 Å². The molecule has 0 spiro atoms. The van der Waals surface area contributed by atoms with Crippen LogP contribution in [0.25, 0.3) is 5.82 Å². The Balaban J connectivity index is 1.65. The molecular weight excluding hydrogens is 314 g/mol. The SMILES string of the molecule is CN(C)C(CNC(=O)c1ccc(-n2ccnc2)nc1)c1ccccc1. The number of imidazole rings is 1. The Bertz CT molecular complexity index is 798. The number of nitrogens with one attached hydrogen (secondary N) is 1. The van der Waals surface area contributed by atoms with Crippen molar-refractivity contribution in [1.29, 1.82) is 0 Å². The number of hydrogen-bond acceptors (Lipinski definition) is 4. The molecule has 2 heterocycles. The van der Waals surface area contributed by atoms with Crippen molar-refractivity contribution in [2.24, 2.45) is 0 Å². The lowest BCUT2D eigenvalue weighted by Crippen LogP contribution is -2.34. The molecule has 0 aliphatic heterocycles. The highest BCUT2D eigenvalue weighted by atomic mass is 16.1. The fraction of sp³-hybridized carbons (Fsp3) is 0.211. The van der Waals surface area contributed by atoms with Gasteiger partial charge in [0.1, 0.15) is 12.1 Å². The molecule has 1 aromatic carbocycles. The molecule has 6 nitrogen and oxygen atoms in total. The Hall–Kier alpha value is -2.99. The van der Waals surface area contributed by atoms with Crippen LogP contribution in [0.15, 0.2) is 67.4 Å². The second-order valence-electron chi connectivity index (χ2n) is 5.98. The third-order valence-corrected chi connectivity index (χ3v) is 4.04. The molecular formula is C19H21N5O. The molecule has 0 bridgehead atoms. The van der Waals surface area contributed by atoms with Crippen LogP contribution in [0, 0.1) is 0 Å². The molecule has 3 aromatic rings. The van der Waals surface area contributed by atoms with Crippen LogP contribution in [0.3, 0.4) is 0 Å². The second-order valence-corrected chi connectivity index (χ2v) is 5.98. The maximum atomic E-state index is 12.4. The normalized spacial score (nSPS) is 12.1. The number of carbonyl (C=O) groups excluding carboxylic acids is 1. The largest absolute Gasteiger partial charge is 0.350 e. The van der Waals surface area contributed by atoms with Crippen LogP contribution in [0.1, 0.15) is 22.0 Å². The monoisotopic (exact) mass is 335 g/mol. The molecule has 6 heteroatoms. The highest BCUT2D eigenvalue weighted by Gasteiger charge is 2.15. The summed E-state index contributed by atoms with van der Waals surface area (Å²) in [5.74, 6) is 0.594. The van der Waals surface area contributed by atoms with Crippen molar-refractivity contribution in [3.05, 3.63) is 78.5 Å². The minimum absolute atomic E-state index is 0.114. The summed E-state index contributed by atoms with van der Waals surface area (Å²) in [6, 6.07) is 13.8. The number of nitrogens with zero attached hydrogens (tertiary/aromatic N) is 4. The summed E-state index contributed by atoms with van der Waals surface area (Å²) < 4.78 is 1.79. The van der Waals surface area contributed by atoms with Gasteiger partial charge in [0.05, 0.1) is 11.6 Å². The van der Waals surface area contributed by atoms with Crippen molar-refractivity contribution in [3.63, 3.8) is 0 Å². The smallest absolute Gasteiger partial charge is 0.252 e. The lowest BCUT2D eigenvalue weighted by Gasteiger charge is -2.25. The predicted molar refractivity (Wildman–Crippen MR) is 96.6 cm³/mol. The molecule has 1 N–H and O–H groups in total. The van der Waals surface area contributed by atoms with Gasteiger partial charge in [-0.1, -0.05) is 30.3 Å². The van der Waals surface area contributed by atoms with Gasteiger partial charge < -0.3 is 10.2 Å². The van der Waals surface area contributed by atoms with E-state index in [2.05, 4.69) is 32.3 Å². The lowest BCUT2D eigenvalue weighted by atomic mass is 10.1. The fourth-order valence-corrected chi connectivity index (χ4v) is 2.63. The van der Waals surface area contributed by atoms with Gasteiger partial charge >= 0.3 is 0 Å². The van der Waals surface area contributed by atoms with Gasteiger partial charge in [-0.15, -0.1) is 0 Å². The Morgan fingerprint density at radius 3 is 2.60 bits per heavy atom. The zero-order valence-electron chi connectivity index (χ0n) is 14.3. The number of benzene rings is 1. The number of pyridine rings is 1. The minimum Gasteiger partial charge on any atom is -0.350 e. The van der Waals surface area contributed by atoms with E-state index in [0.29, 0.717) is 12.1 Å². The van der Waals surface area contributed by atoms with Crippen molar-refractivity contribution in [2.45, 2.75) is 6.04 Å². The van der Waals surface area contributed by atoms with E-state index in [1.165, 1.54) is 5.56 Å². The van der Waals surface area contributed by atoms with E-state index in [1.807, 2.05) is 38.5 Å². The van der Waals surface area contributed by atoms with Crippen LogP contribution >= 0.6 is 0 Å². The molecule has 0 fully saturated rings. The molecule has 3 rings (SSSR count). The van der Waals surface area contributed by atoms with Gasteiger partial charge in [-0.2, -0.15) is 0 Å². The number of likely N-dealkylation sites (N-methyl/N-ethyl adjacent to an activating group) is 1. The second kappa shape index (κ2) is 7.72. The Morgan fingerprint density at radius 1 is 1.20 bits per heavy atom. The van der Waals surface area contributed by atoms with Crippen molar-refractivity contribution >= 4 is 5.91 Å². The van der Waals surface area contributed by atoms with Gasteiger partial charge in [-0.05, 0) is 31.8 Å². The number of rotatable bonds is 6. The number of hydrogen-bond donors (Lipinski definition) is 1. The first kappa shape index (κ1) is 16.9. The zero-order chi connectivity index (χ0) is 17.6. The molecule has 0 aliphatic rings. The van der Waals surface area contributed by atoms with Crippen molar-refractivity contribution in [2.75, 3.05) is 20.6 Å². The topological polar surface area (TPSA) is 63.1 Å². The maximum absolute atomic E-state index is 12.4. The van der Waals surface area contributed by atoms with E-state index in [4.69, 9.17) is 0 Å². The fourth-order valence-electron chi connectivity index (χ4n) is 2.63. The van der Waals surface area contributed by atoms with E-state index in [0.717, 1.165) is 5.82 Å². The summed E-state index contributed by atoms with van der Waals surface area (Å²) in [5, 5.41) is 2.99. The molecule has 0 saturated carbocycles. The van der Waals surface area contributed by atoms with E-state index in [1.54, 1.807) is 35.4 Å². The Labute approximate surface area is 147 Å². The van der Waals surface area contributed by atoms with Crippen LogP contribution in [-0.4, -0.2) is 46.0 Å². The molecule has 0 saturated heterocycles. The quantitative estimate of drug-likeness (QED) is 0.751. The number of aromatic nitrogens is 3. The zero-order valence-corrected chi connectivity index (χ0v) is 14.3. The minimum atomic E-state index is -0.132. The summed E-state index contributed by atoms with van der Waals surface area (Å²) in [6.07, 6.45) is 6.75. The Kier molecular flexibility index (Phi) is 5.20. The highest BCUT2D eigenvalue weighted by Crippen LogP contribution is 2.17. The standard InChI is InChI=1S/C19H21N5O/c1-23(2)17(15-6-4-3-5-7-15)13-22-19(25)16-8-9-18(21-12-16)24-11-10-20-14-24/h3-12,14,17H,13H2,1-2H3,(H,22,25). The first-order valence-corrected chi connectivity index (χ1v) is 8.09. The third kappa shape index (κ3) is 4.10. The van der Waals surface area contributed by atoms with Crippen LogP contribution < -0.4 is 5.32 Å². The maximum Gasteiger partial charge on any atom is 0.252 e. The van der Waals surface area contributed by atoms with Gasteiger partial charge in [-0.3, -0.25) is 9.36 Å². The van der Waals surface area contributed by atoms with Crippen LogP contribution in [-0.2, 0) is 0 Å². The predicted octanol–water partition coefficient (Wildman–Crippen LogP) is 2.30. The van der Waals surface area contributed by atoms with Crippen molar-refractivity contribution < 1.29 is 4.79 Å². The Morgan fingerprint density at radius 2 is 2.00 bits per heavy atom. The van der Waals surface area contributed by atoms with E-state index in [-0.39, 0.29) is 11.9 Å². The molecule has 128 valence electrons. The van der Waals surface area contributed by atoms with Gasteiger partial charge in [0.15, 0.2) is 0 Å². The first-order valence-electron chi connectivity index (χ1n) is 8.09. The molecule has 2 aromatic heterocycles. The average molecular weight is 335 g/mol. The summed E-state index contributed by atoms with van der Waals surface area (Å²) in [5.41, 5.74) is 1.70. The van der Waals surface area contributed by atoms with E-state index < -0.39 is 0 Å². The van der Waals surface area contributed by atoms with Crippen LogP contribution in [0.4, 0.5) is 0 Å². The summed E-state index contributed by atoms with van der Waals surface area (Å²) >= 11 is 0.